The highest BCUT2D eigenvalue weighted by Crippen LogP contribution is 2.27. The van der Waals surface area contributed by atoms with Crippen LogP contribution in [0.15, 0.2) is 24.3 Å². The Balaban J connectivity index is 2.55. The largest absolute Gasteiger partial charge is 0.444 e. The molecular weight excluding hydrogens is 296 g/mol. The third kappa shape index (κ3) is 6.46. The quantitative estimate of drug-likeness (QED) is 0.746. The summed E-state index contributed by atoms with van der Waals surface area (Å²) in [6.07, 6.45) is -2.31. The van der Waals surface area contributed by atoms with E-state index >= 15 is 0 Å². The Labute approximate surface area is 138 Å². The second-order valence-electron chi connectivity index (χ2n) is 6.68. The fraction of sp³-hybridized carbons (Fsp3) is 0.588. The van der Waals surface area contributed by atoms with E-state index in [1.807, 2.05) is 37.2 Å². The lowest BCUT2D eigenvalue weighted by Gasteiger charge is -2.24. The van der Waals surface area contributed by atoms with Gasteiger partial charge in [0, 0.05) is 31.9 Å². The summed E-state index contributed by atoms with van der Waals surface area (Å²) in [6, 6.07) is 7.36. The molecule has 0 fully saturated rings. The molecule has 0 radical (unpaired) electrons. The third-order valence-corrected chi connectivity index (χ3v) is 3.21. The smallest absolute Gasteiger partial charge is 0.407 e. The normalized spacial score (nSPS) is 14.0. The van der Waals surface area contributed by atoms with Crippen molar-refractivity contribution in [1.82, 2.24) is 5.32 Å². The summed E-state index contributed by atoms with van der Waals surface area (Å²) in [5.41, 5.74) is 0.939. The molecule has 1 aromatic carbocycles. The third-order valence-electron chi connectivity index (χ3n) is 3.21. The molecule has 0 saturated carbocycles. The van der Waals surface area contributed by atoms with Gasteiger partial charge in [-0.15, -0.1) is 0 Å². The molecule has 0 bridgehead atoms. The second-order valence-corrected chi connectivity index (χ2v) is 6.68. The molecule has 0 heterocycles. The molecule has 1 rings (SSSR count). The first-order valence-corrected chi connectivity index (χ1v) is 7.71. The van der Waals surface area contributed by atoms with Crippen molar-refractivity contribution < 1.29 is 19.7 Å². The van der Waals surface area contributed by atoms with Gasteiger partial charge in [-0.1, -0.05) is 18.2 Å². The lowest BCUT2D eigenvalue weighted by atomic mass is 10.00. The number of anilines is 1. The fourth-order valence-corrected chi connectivity index (χ4v) is 2.15. The number of amides is 1. The van der Waals surface area contributed by atoms with Crippen LogP contribution in [-0.4, -0.2) is 48.7 Å². The van der Waals surface area contributed by atoms with E-state index in [0.29, 0.717) is 5.56 Å². The van der Waals surface area contributed by atoms with E-state index in [4.69, 9.17) is 4.74 Å². The zero-order valence-electron chi connectivity index (χ0n) is 14.5. The number of aliphatic hydroxyl groups excluding tert-OH is 2. The molecule has 1 aromatic rings. The Kier molecular flexibility index (Phi) is 6.84. The van der Waals surface area contributed by atoms with E-state index in [-0.39, 0.29) is 13.0 Å². The Morgan fingerprint density at radius 3 is 2.43 bits per heavy atom. The van der Waals surface area contributed by atoms with Gasteiger partial charge in [0.05, 0.1) is 6.10 Å². The van der Waals surface area contributed by atoms with Crippen LogP contribution in [0.25, 0.3) is 0 Å². The number of carbonyl (C=O) groups is 1. The van der Waals surface area contributed by atoms with Gasteiger partial charge in [-0.25, -0.2) is 4.79 Å². The number of hydrogen-bond donors (Lipinski definition) is 3. The van der Waals surface area contributed by atoms with Crippen molar-refractivity contribution in [3.63, 3.8) is 0 Å². The van der Waals surface area contributed by atoms with E-state index in [9.17, 15) is 15.0 Å². The maximum absolute atomic E-state index is 11.5. The average Bonchev–Trinajstić information content (AvgIpc) is 2.44. The summed E-state index contributed by atoms with van der Waals surface area (Å²) < 4.78 is 5.11. The van der Waals surface area contributed by atoms with E-state index in [1.54, 1.807) is 26.8 Å². The number of carbonyl (C=O) groups excluding carboxylic acids is 1. The van der Waals surface area contributed by atoms with Crippen LogP contribution in [0.2, 0.25) is 0 Å². The molecule has 2 atom stereocenters. The number of para-hydroxylation sites is 1. The van der Waals surface area contributed by atoms with Gasteiger partial charge in [0.1, 0.15) is 11.7 Å². The van der Waals surface area contributed by atoms with Crippen molar-refractivity contribution in [2.75, 3.05) is 25.5 Å². The van der Waals surface area contributed by atoms with Crippen molar-refractivity contribution in [3.05, 3.63) is 29.8 Å². The van der Waals surface area contributed by atoms with Crippen LogP contribution in [0.4, 0.5) is 10.5 Å². The Hall–Kier alpha value is -1.79. The molecule has 2 unspecified atom stereocenters. The lowest BCUT2D eigenvalue weighted by Crippen LogP contribution is -2.34. The molecule has 0 saturated heterocycles. The predicted molar refractivity (Wildman–Crippen MR) is 90.6 cm³/mol. The minimum atomic E-state index is -1.02. The summed E-state index contributed by atoms with van der Waals surface area (Å²) in [7, 11) is 3.75. The highest BCUT2D eigenvalue weighted by atomic mass is 16.6. The maximum Gasteiger partial charge on any atom is 0.407 e. The Bertz CT molecular complexity index is 512. The lowest BCUT2D eigenvalue weighted by molar-refractivity contribution is 0.0126. The van der Waals surface area contributed by atoms with Crippen molar-refractivity contribution in [3.8, 4) is 0 Å². The number of alkyl carbamates (subject to hydrolysis) is 1. The SMILES string of the molecule is CN(C)c1ccccc1C(O)C(O)CCNC(=O)OC(C)(C)C. The zero-order chi connectivity index (χ0) is 17.6. The molecule has 23 heavy (non-hydrogen) atoms. The van der Waals surface area contributed by atoms with Gasteiger partial charge in [0.2, 0.25) is 0 Å². The summed E-state index contributed by atoms with van der Waals surface area (Å²) in [5, 5.41) is 23.1. The molecule has 0 aliphatic heterocycles. The van der Waals surface area contributed by atoms with Crippen LogP contribution in [0.3, 0.4) is 0 Å². The van der Waals surface area contributed by atoms with Gasteiger partial charge in [0.25, 0.3) is 0 Å². The topological polar surface area (TPSA) is 82.0 Å². The van der Waals surface area contributed by atoms with Crippen molar-refractivity contribution in [1.29, 1.82) is 0 Å². The van der Waals surface area contributed by atoms with Crippen LogP contribution in [-0.2, 0) is 4.74 Å². The molecule has 0 aromatic heterocycles. The Morgan fingerprint density at radius 2 is 1.87 bits per heavy atom. The Morgan fingerprint density at radius 1 is 1.26 bits per heavy atom. The van der Waals surface area contributed by atoms with E-state index < -0.39 is 23.9 Å². The number of rotatable bonds is 6. The number of benzene rings is 1. The maximum atomic E-state index is 11.5. The summed E-state index contributed by atoms with van der Waals surface area (Å²) >= 11 is 0. The zero-order valence-corrected chi connectivity index (χ0v) is 14.5. The molecule has 130 valence electrons. The molecule has 6 heteroatoms. The van der Waals surface area contributed by atoms with Gasteiger partial charge in [-0.05, 0) is 33.3 Å². The molecule has 0 aliphatic carbocycles. The number of nitrogens with zero attached hydrogens (tertiary/aromatic N) is 1. The van der Waals surface area contributed by atoms with Gasteiger partial charge in [0.15, 0.2) is 0 Å². The monoisotopic (exact) mass is 324 g/mol. The minimum Gasteiger partial charge on any atom is -0.444 e. The van der Waals surface area contributed by atoms with Crippen molar-refractivity contribution in [2.24, 2.45) is 0 Å². The molecule has 6 nitrogen and oxygen atoms in total. The van der Waals surface area contributed by atoms with Gasteiger partial charge >= 0.3 is 6.09 Å². The van der Waals surface area contributed by atoms with Crippen molar-refractivity contribution >= 4 is 11.8 Å². The van der Waals surface area contributed by atoms with E-state index in [2.05, 4.69) is 5.32 Å². The highest BCUT2D eigenvalue weighted by molar-refractivity contribution is 5.67. The first-order chi connectivity index (χ1) is 10.6. The standard InChI is InChI=1S/C17H28N2O4/c1-17(2,3)23-16(22)18-11-10-14(20)15(21)12-8-6-7-9-13(12)19(4)5/h6-9,14-15,20-21H,10-11H2,1-5H3,(H,18,22). The van der Waals surface area contributed by atoms with Crippen LogP contribution in [0.1, 0.15) is 38.9 Å². The molecule has 0 spiro atoms. The minimum absolute atomic E-state index is 0.220. The number of hydrogen-bond acceptors (Lipinski definition) is 5. The van der Waals surface area contributed by atoms with E-state index in [0.717, 1.165) is 5.69 Å². The molecule has 3 N–H and O–H groups in total. The van der Waals surface area contributed by atoms with Gasteiger partial charge in [-0.3, -0.25) is 0 Å². The second kappa shape index (κ2) is 8.17. The number of aliphatic hydroxyl groups is 2. The van der Waals surface area contributed by atoms with Crippen molar-refractivity contribution in [2.45, 2.75) is 45.0 Å². The number of ether oxygens (including phenoxy) is 1. The van der Waals surface area contributed by atoms with Crippen LogP contribution in [0, 0.1) is 0 Å². The van der Waals surface area contributed by atoms with Gasteiger partial charge in [-0.2, -0.15) is 0 Å². The van der Waals surface area contributed by atoms with E-state index in [1.165, 1.54) is 0 Å². The summed E-state index contributed by atoms with van der Waals surface area (Å²) in [4.78, 5) is 13.4. The molecular formula is C17H28N2O4. The fourth-order valence-electron chi connectivity index (χ4n) is 2.15. The molecule has 0 aliphatic rings. The first-order valence-electron chi connectivity index (χ1n) is 7.71. The molecule has 1 amide bonds. The highest BCUT2D eigenvalue weighted by Gasteiger charge is 2.22. The predicted octanol–water partition coefficient (Wildman–Crippen LogP) is 2.06. The van der Waals surface area contributed by atoms with Gasteiger partial charge < -0.3 is 25.2 Å². The average molecular weight is 324 g/mol. The summed E-state index contributed by atoms with van der Waals surface area (Å²) in [6.45, 7) is 5.56. The first kappa shape index (κ1) is 19.3. The van der Waals surface area contributed by atoms with Crippen LogP contribution >= 0.6 is 0 Å². The van der Waals surface area contributed by atoms with Crippen LogP contribution in [0.5, 0.6) is 0 Å². The number of nitrogens with one attached hydrogen (secondary N) is 1. The van der Waals surface area contributed by atoms with Crippen LogP contribution < -0.4 is 10.2 Å². The summed E-state index contributed by atoms with van der Waals surface area (Å²) in [5.74, 6) is 0.